The number of hydrogen-bond donors (Lipinski definition) is 2. The number of pyridine rings is 1. The van der Waals surface area contributed by atoms with Crippen molar-refractivity contribution in [2.24, 2.45) is 0 Å². The van der Waals surface area contributed by atoms with Crippen LogP contribution in [0.15, 0.2) is 48.7 Å². The summed E-state index contributed by atoms with van der Waals surface area (Å²) in [4.78, 5) is 27.8. The lowest BCUT2D eigenvalue weighted by molar-refractivity contribution is -0.141. The second-order valence-corrected chi connectivity index (χ2v) is 6.34. The molecule has 3 aromatic rings. The Morgan fingerprint density at radius 2 is 1.90 bits per heavy atom. The van der Waals surface area contributed by atoms with E-state index in [0.717, 1.165) is 4.40 Å². The molecule has 0 aliphatic heterocycles. The number of fused-ring (bicyclic) bond motifs is 1. The maximum absolute atomic E-state index is 13.6. The summed E-state index contributed by atoms with van der Waals surface area (Å²) in [5.41, 5.74) is -1.84. The van der Waals surface area contributed by atoms with Crippen LogP contribution in [0.25, 0.3) is 5.65 Å². The fourth-order valence-corrected chi connectivity index (χ4v) is 3.06. The summed E-state index contributed by atoms with van der Waals surface area (Å²) in [7, 11) is 0. The van der Waals surface area contributed by atoms with E-state index in [-0.39, 0.29) is 18.0 Å². The van der Waals surface area contributed by atoms with Gasteiger partial charge in [-0.3, -0.25) is 14.0 Å². The largest absolute Gasteiger partial charge is 0.490 e. The fraction of sp³-hybridized carbons (Fsp3) is 0.250. The van der Waals surface area contributed by atoms with Crippen molar-refractivity contribution >= 4 is 17.5 Å². The van der Waals surface area contributed by atoms with Crippen LogP contribution in [0.5, 0.6) is 5.75 Å². The van der Waals surface area contributed by atoms with Crippen LogP contribution >= 0.6 is 0 Å². The van der Waals surface area contributed by atoms with Crippen LogP contribution in [0, 0.1) is 0 Å². The van der Waals surface area contributed by atoms with Gasteiger partial charge in [-0.15, -0.1) is 0 Å². The highest BCUT2D eigenvalue weighted by molar-refractivity contribution is 5.95. The van der Waals surface area contributed by atoms with Gasteiger partial charge in [0.25, 0.3) is 5.91 Å². The van der Waals surface area contributed by atoms with E-state index in [1.807, 2.05) is 0 Å². The average molecular weight is 421 g/mol. The lowest BCUT2D eigenvalue weighted by Gasteiger charge is -2.18. The number of aliphatic carboxylic acids is 1. The smallest absolute Gasteiger partial charge is 0.435 e. The van der Waals surface area contributed by atoms with E-state index in [2.05, 4.69) is 10.3 Å². The summed E-state index contributed by atoms with van der Waals surface area (Å²) in [6.45, 7) is 1.87. The zero-order chi connectivity index (χ0) is 21.9. The number of hydrogen-bond acceptors (Lipinski definition) is 4. The molecular formula is C20H18F3N3O4. The molecule has 10 heteroatoms. The van der Waals surface area contributed by atoms with Gasteiger partial charge < -0.3 is 15.2 Å². The molecule has 7 nitrogen and oxygen atoms in total. The topological polar surface area (TPSA) is 92.9 Å². The molecule has 0 saturated heterocycles. The van der Waals surface area contributed by atoms with Gasteiger partial charge in [-0.1, -0.05) is 30.3 Å². The first-order chi connectivity index (χ1) is 14.2. The summed E-state index contributed by atoms with van der Waals surface area (Å²) in [6, 6.07) is 10.00. The third kappa shape index (κ3) is 4.37. The standard InChI is InChI=1S/C20H18F3N3O4/c1-2-30-14-9-6-10-26-16(17(20(21,22)23)25-18(14)26)19(29)24-13(11-15(27)28)12-7-4-3-5-8-12/h3-10,13H,2,11H2,1H3,(H,24,29)(H,27,28)/t13-/m0/s1. The molecule has 0 unspecified atom stereocenters. The number of aromatic nitrogens is 2. The van der Waals surface area contributed by atoms with Gasteiger partial charge in [0.15, 0.2) is 17.1 Å². The normalized spacial score (nSPS) is 12.5. The molecule has 0 aliphatic rings. The van der Waals surface area contributed by atoms with Crippen molar-refractivity contribution in [3.63, 3.8) is 0 Å². The second-order valence-electron chi connectivity index (χ2n) is 6.34. The van der Waals surface area contributed by atoms with Crippen molar-refractivity contribution in [1.29, 1.82) is 0 Å². The Bertz CT molecular complexity index is 1060. The first kappa shape index (κ1) is 21.2. The number of benzene rings is 1. The zero-order valence-corrected chi connectivity index (χ0v) is 15.8. The molecule has 0 fully saturated rings. The number of carboxylic acid groups (broad SMARTS) is 1. The van der Waals surface area contributed by atoms with Crippen molar-refractivity contribution in [1.82, 2.24) is 14.7 Å². The zero-order valence-electron chi connectivity index (χ0n) is 15.8. The summed E-state index contributed by atoms with van der Waals surface area (Å²) < 4.78 is 47.2. The fourth-order valence-electron chi connectivity index (χ4n) is 3.06. The van der Waals surface area contributed by atoms with Crippen molar-refractivity contribution in [2.75, 3.05) is 6.61 Å². The van der Waals surface area contributed by atoms with E-state index in [9.17, 15) is 27.9 Å². The van der Waals surface area contributed by atoms with Gasteiger partial charge in [-0.2, -0.15) is 13.2 Å². The third-order valence-corrected chi connectivity index (χ3v) is 4.28. The highest BCUT2D eigenvalue weighted by Crippen LogP contribution is 2.34. The predicted octanol–water partition coefficient (Wildman–Crippen LogP) is 3.70. The van der Waals surface area contributed by atoms with E-state index >= 15 is 0 Å². The monoisotopic (exact) mass is 421 g/mol. The van der Waals surface area contributed by atoms with Gasteiger partial charge in [0.1, 0.15) is 5.69 Å². The Labute approximate surface area is 169 Å². The lowest BCUT2D eigenvalue weighted by atomic mass is 10.0. The van der Waals surface area contributed by atoms with Crippen LogP contribution in [0.3, 0.4) is 0 Å². The minimum absolute atomic E-state index is 0.0923. The van der Waals surface area contributed by atoms with Gasteiger partial charge in [0.2, 0.25) is 0 Å². The number of ether oxygens (including phenoxy) is 1. The minimum atomic E-state index is -4.91. The predicted molar refractivity (Wildman–Crippen MR) is 100 cm³/mol. The molecule has 2 heterocycles. The van der Waals surface area contributed by atoms with E-state index in [1.165, 1.54) is 18.3 Å². The number of alkyl halides is 3. The van der Waals surface area contributed by atoms with Crippen LogP contribution in [0.1, 0.15) is 41.1 Å². The number of amides is 1. The highest BCUT2D eigenvalue weighted by atomic mass is 19.4. The summed E-state index contributed by atoms with van der Waals surface area (Å²) in [6.07, 6.45) is -4.14. The molecule has 0 aliphatic carbocycles. The van der Waals surface area contributed by atoms with Gasteiger partial charge in [0, 0.05) is 6.20 Å². The Morgan fingerprint density at radius 3 is 2.50 bits per heavy atom. The van der Waals surface area contributed by atoms with E-state index in [4.69, 9.17) is 4.74 Å². The van der Waals surface area contributed by atoms with Gasteiger partial charge >= 0.3 is 12.1 Å². The quantitative estimate of drug-likeness (QED) is 0.607. The number of halogens is 3. The van der Waals surface area contributed by atoms with Gasteiger partial charge in [0.05, 0.1) is 19.1 Å². The Kier molecular flexibility index (Phi) is 5.95. The molecule has 0 radical (unpaired) electrons. The molecule has 30 heavy (non-hydrogen) atoms. The van der Waals surface area contributed by atoms with E-state index in [1.54, 1.807) is 37.3 Å². The number of rotatable bonds is 7. The first-order valence-electron chi connectivity index (χ1n) is 9.01. The molecule has 0 bridgehead atoms. The average Bonchev–Trinajstić information content (AvgIpc) is 3.09. The molecule has 0 spiro atoms. The molecule has 1 aromatic carbocycles. The van der Waals surface area contributed by atoms with Gasteiger partial charge in [-0.05, 0) is 24.6 Å². The van der Waals surface area contributed by atoms with Crippen molar-refractivity contribution < 1.29 is 32.6 Å². The first-order valence-corrected chi connectivity index (χ1v) is 9.01. The lowest BCUT2D eigenvalue weighted by Crippen LogP contribution is -2.32. The number of nitrogens with one attached hydrogen (secondary N) is 1. The molecule has 2 N–H and O–H groups in total. The molecular weight excluding hydrogens is 403 g/mol. The molecule has 1 atom stereocenters. The Balaban J connectivity index is 2.08. The second kappa shape index (κ2) is 8.44. The van der Waals surface area contributed by atoms with Crippen molar-refractivity contribution in [3.8, 4) is 5.75 Å². The number of imidazole rings is 1. The summed E-state index contributed by atoms with van der Waals surface area (Å²) in [5.74, 6) is -2.22. The van der Waals surface area contributed by atoms with E-state index in [0.29, 0.717) is 5.56 Å². The molecule has 1 amide bonds. The van der Waals surface area contributed by atoms with Crippen LogP contribution in [-0.2, 0) is 11.0 Å². The minimum Gasteiger partial charge on any atom is -0.490 e. The highest BCUT2D eigenvalue weighted by Gasteiger charge is 2.41. The Morgan fingerprint density at radius 1 is 1.20 bits per heavy atom. The number of carbonyl (C=O) groups is 2. The number of carboxylic acids is 1. The third-order valence-electron chi connectivity index (χ3n) is 4.28. The summed E-state index contributed by atoms with van der Waals surface area (Å²) >= 11 is 0. The van der Waals surface area contributed by atoms with Crippen molar-refractivity contribution in [2.45, 2.75) is 25.6 Å². The maximum Gasteiger partial charge on any atom is 0.435 e. The number of carbonyl (C=O) groups excluding carboxylic acids is 1. The maximum atomic E-state index is 13.6. The van der Waals surface area contributed by atoms with Crippen LogP contribution in [0.4, 0.5) is 13.2 Å². The van der Waals surface area contributed by atoms with Crippen LogP contribution in [-0.4, -0.2) is 33.0 Å². The Hall–Kier alpha value is -3.56. The SMILES string of the molecule is CCOc1cccn2c(C(=O)N[C@@H](CC(=O)O)c3ccccc3)c(C(F)(F)F)nc12. The molecule has 3 rings (SSSR count). The van der Waals surface area contributed by atoms with Crippen LogP contribution < -0.4 is 10.1 Å². The van der Waals surface area contributed by atoms with Crippen LogP contribution in [0.2, 0.25) is 0 Å². The summed E-state index contributed by atoms with van der Waals surface area (Å²) in [5, 5.41) is 11.6. The van der Waals surface area contributed by atoms with Crippen molar-refractivity contribution in [3.05, 3.63) is 65.6 Å². The number of nitrogens with zero attached hydrogens (tertiary/aromatic N) is 2. The molecule has 2 aromatic heterocycles. The van der Waals surface area contributed by atoms with E-state index < -0.39 is 41.9 Å². The van der Waals surface area contributed by atoms with Gasteiger partial charge in [-0.25, -0.2) is 4.98 Å². The molecule has 0 saturated carbocycles. The molecule has 158 valence electrons.